The highest BCUT2D eigenvalue weighted by Gasteiger charge is 2.31. The third-order valence-corrected chi connectivity index (χ3v) is 4.67. The van der Waals surface area contributed by atoms with Crippen molar-refractivity contribution in [2.45, 2.75) is 13.5 Å². The average Bonchev–Trinajstić information content (AvgIpc) is 2.87. The van der Waals surface area contributed by atoms with Crippen LogP contribution in [-0.2, 0) is 11.4 Å². The SMILES string of the molecule is CCN1C(=O)N/C(=C/c2ccc(OCc3cccc(F)c3)c(I)c2)C1=O. The van der Waals surface area contributed by atoms with Crippen LogP contribution in [0.5, 0.6) is 5.75 Å². The van der Waals surface area contributed by atoms with E-state index in [1.807, 2.05) is 6.07 Å². The summed E-state index contributed by atoms with van der Waals surface area (Å²) in [5, 5.41) is 2.57. The van der Waals surface area contributed by atoms with Gasteiger partial charge in [0.1, 0.15) is 23.9 Å². The molecule has 0 aromatic heterocycles. The van der Waals surface area contributed by atoms with Gasteiger partial charge in [0, 0.05) is 6.54 Å². The van der Waals surface area contributed by atoms with Gasteiger partial charge >= 0.3 is 6.03 Å². The van der Waals surface area contributed by atoms with E-state index in [4.69, 9.17) is 4.74 Å². The molecule has 1 heterocycles. The van der Waals surface area contributed by atoms with E-state index < -0.39 is 6.03 Å². The predicted molar refractivity (Wildman–Crippen MR) is 104 cm³/mol. The van der Waals surface area contributed by atoms with E-state index in [9.17, 15) is 14.0 Å². The van der Waals surface area contributed by atoms with E-state index in [0.717, 1.165) is 19.6 Å². The van der Waals surface area contributed by atoms with E-state index in [2.05, 4.69) is 27.9 Å². The first kappa shape index (κ1) is 18.4. The third-order valence-electron chi connectivity index (χ3n) is 3.83. The molecule has 1 saturated heterocycles. The lowest BCUT2D eigenvalue weighted by molar-refractivity contribution is -0.122. The summed E-state index contributed by atoms with van der Waals surface area (Å²) in [5.41, 5.74) is 1.76. The number of urea groups is 1. The molecule has 3 amide bonds. The van der Waals surface area contributed by atoms with Crippen LogP contribution in [0.2, 0.25) is 0 Å². The molecule has 5 nitrogen and oxygen atoms in total. The van der Waals surface area contributed by atoms with Gasteiger partial charge in [-0.05, 0) is 71.0 Å². The largest absolute Gasteiger partial charge is 0.488 e. The Labute approximate surface area is 164 Å². The molecule has 0 atom stereocenters. The highest BCUT2D eigenvalue weighted by Crippen LogP contribution is 2.25. The Hall–Kier alpha value is -2.42. The molecule has 2 aromatic carbocycles. The summed E-state index contributed by atoms with van der Waals surface area (Å²) in [7, 11) is 0. The standard InChI is InChI=1S/C19H16FIN2O3/c1-2-23-18(24)16(22-19(23)25)10-12-6-7-17(15(21)9-12)26-11-13-4-3-5-14(20)8-13/h3-10H,2,11H2,1H3,(H,22,25)/b16-10+. The van der Waals surface area contributed by atoms with Crippen LogP contribution in [0.15, 0.2) is 48.2 Å². The number of benzene rings is 2. The maximum atomic E-state index is 13.2. The fraction of sp³-hybridized carbons (Fsp3) is 0.158. The van der Waals surface area contributed by atoms with Gasteiger partial charge in [0.15, 0.2) is 0 Å². The van der Waals surface area contributed by atoms with Crippen molar-refractivity contribution in [3.63, 3.8) is 0 Å². The van der Waals surface area contributed by atoms with Crippen LogP contribution in [0.4, 0.5) is 9.18 Å². The quantitative estimate of drug-likeness (QED) is 0.413. The fourth-order valence-electron chi connectivity index (χ4n) is 2.54. The van der Waals surface area contributed by atoms with Gasteiger partial charge < -0.3 is 10.1 Å². The first-order valence-electron chi connectivity index (χ1n) is 7.99. The second-order valence-corrected chi connectivity index (χ2v) is 6.81. The second-order valence-electron chi connectivity index (χ2n) is 5.65. The van der Waals surface area contributed by atoms with Crippen molar-refractivity contribution in [3.8, 4) is 5.75 Å². The van der Waals surface area contributed by atoms with Crippen LogP contribution in [-0.4, -0.2) is 23.4 Å². The highest BCUT2D eigenvalue weighted by atomic mass is 127. The maximum Gasteiger partial charge on any atom is 0.328 e. The number of ether oxygens (including phenoxy) is 1. The Morgan fingerprint density at radius 1 is 1.23 bits per heavy atom. The van der Waals surface area contributed by atoms with Crippen LogP contribution in [0, 0.1) is 9.39 Å². The lowest BCUT2D eigenvalue weighted by atomic mass is 10.2. The van der Waals surface area contributed by atoms with Crippen molar-refractivity contribution in [3.05, 3.63) is 68.7 Å². The number of imide groups is 1. The number of carbonyl (C=O) groups is 2. The van der Waals surface area contributed by atoms with E-state index in [1.165, 1.54) is 12.1 Å². The summed E-state index contributed by atoms with van der Waals surface area (Å²) in [4.78, 5) is 24.9. The minimum absolute atomic E-state index is 0.251. The van der Waals surface area contributed by atoms with Gasteiger partial charge in [0.05, 0.1) is 3.57 Å². The molecule has 1 aliphatic heterocycles. The van der Waals surface area contributed by atoms with E-state index in [1.54, 1.807) is 37.3 Å². The number of hydrogen-bond acceptors (Lipinski definition) is 3. The summed E-state index contributed by atoms with van der Waals surface area (Å²) >= 11 is 2.13. The van der Waals surface area contributed by atoms with E-state index >= 15 is 0 Å². The Kier molecular flexibility index (Phi) is 5.55. The number of carbonyl (C=O) groups excluding carboxylic acids is 2. The zero-order valence-corrected chi connectivity index (χ0v) is 16.1. The maximum absolute atomic E-state index is 13.2. The van der Waals surface area contributed by atoms with Gasteiger partial charge in [-0.15, -0.1) is 0 Å². The normalized spacial score (nSPS) is 15.5. The van der Waals surface area contributed by atoms with Crippen molar-refractivity contribution >= 4 is 40.6 Å². The third kappa shape index (κ3) is 4.04. The lowest BCUT2D eigenvalue weighted by Crippen LogP contribution is -2.30. The molecule has 2 aromatic rings. The van der Waals surface area contributed by atoms with Gasteiger partial charge in [-0.25, -0.2) is 9.18 Å². The summed E-state index contributed by atoms with van der Waals surface area (Å²) < 4.78 is 19.8. The first-order chi connectivity index (χ1) is 12.5. The number of nitrogens with zero attached hydrogens (tertiary/aromatic N) is 1. The van der Waals surface area contributed by atoms with Crippen LogP contribution in [0.3, 0.4) is 0 Å². The molecule has 0 aliphatic carbocycles. The zero-order chi connectivity index (χ0) is 18.7. The number of nitrogens with one attached hydrogen (secondary N) is 1. The van der Waals surface area contributed by atoms with E-state index in [-0.39, 0.29) is 24.0 Å². The summed E-state index contributed by atoms with van der Waals surface area (Å²) in [5.74, 6) is 0.0279. The molecule has 1 fully saturated rings. The smallest absolute Gasteiger partial charge is 0.328 e. The molecule has 0 bridgehead atoms. The molecule has 1 N–H and O–H groups in total. The number of likely N-dealkylation sites (N-methyl/N-ethyl adjacent to an activating group) is 1. The number of halogens is 2. The molecule has 3 rings (SSSR count). The van der Waals surface area contributed by atoms with Crippen molar-refractivity contribution < 1.29 is 18.7 Å². The second kappa shape index (κ2) is 7.86. The average molecular weight is 466 g/mol. The monoisotopic (exact) mass is 466 g/mol. The van der Waals surface area contributed by atoms with Gasteiger partial charge in [-0.1, -0.05) is 18.2 Å². The molecule has 0 saturated carbocycles. The van der Waals surface area contributed by atoms with Crippen LogP contribution >= 0.6 is 22.6 Å². The molecule has 0 radical (unpaired) electrons. The highest BCUT2D eigenvalue weighted by molar-refractivity contribution is 14.1. The summed E-state index contributed by atoms with van der Waals surface area (Å²) in [6.45, 7) is 2.33. The van der Waals surface area contributed by atoms with Crippen molar-refractivity contribution in [1.29, 1.82) is 0 Å². The Balaban J connectivity index is 1.73. The van der Waals surface area contributed by atoms with Gasteiger partial charge in [-0.2, -0.15) is 0 Å². The molecule has 1 aliphatic rings. The predicted octanol–water partition coefficient (Wildman–Crippen LogP) is 3.92. The topological polar surface area (TPSA) is 58.6 Å². The fourth-order valence-corrected chi connectivity index (χ4v) is 3.23. The minimum atomic E-state index is -0.409. The minimum Gasteiger partial charge on any atom is -0.488 e. The zero-order valence-electron chi connectivity index (χ0n) is 14.0. The number of amides is 3. The summed E-state index contributed by atoms with van der Waals surface area (Å²) in [6, 6.07) is 11.3. The molecule has 0 unspecified atom stereocenters. The Bertz CT molecular complexity index is 898. The van der Waals surface area contributed by atoms with Crippen molar-refractivity contribution in [1.82, 2.24) is 10.2 Å². The number of rotatable bonds is 5. The van der Waals surface area contributed by atoms with Gasteiger partial charge in [0.25, 0.3) is 5.91 Å². The molecule has 0 spiro atoms. The van der Waals surface area contributed by atoms with E-state index in [0.29, 0.717) is 12.3 Å². The van der Waals surface area contributed by atoms with Crippen LogP contribution in [0.1, 0.15) is 18.1 Å². The van der Waals surface area contributed by atoms with Crippen molar-refractivity contribution in [2.24, 2.45) is 0 Å². The molecule has 134 valence electrons. The molecule has 26 heavy (non-hydrogen) atoms. The molecular formula is C19H16FIN2O3. The van der Waals surface area contributed by atoms with Gasteiger partial charge in [0.2, 0.25) is 0 Å². The number of hydrogen-bond donors (Lipinski definition) is 1. The Morgan fingerprint density at radius 3 is 2.69 bits per heavy atom. The lowest BCUT2D eigenvalue weighted by Gasteiger charge is -2.09. The molecule has 7 heteroatoms. The Morgan fingerprint density at radius 2 is 2.04 bits per heavy atom. The molecular weight excluding hydrogens is 450 g/mol. The van der Waals surface area contributed by atoms with Gasteiger partial charge in [-0.3, -0.25) is 9.69 Å². The summed E-state index contributed by atoms with van der Waals surface area (Å²) in [6.07, 6.45) is 1.63. The first-order valence-corrected chi connectivity index (χ1v) is 9.07. The van der Waals surface area contributed by atoms with Crippen LogP contribution < -0.4 is 10.1 Å². The van der Waals surface area contributed by atoms with Crippen LogP contribution in [0.25, 0.3) is 6.08 Å². The van der Waals surface area contributed by atoms with Crippen molar-refractivity contribution in [2.75, 3.05) is 6.54 Å².